The Balaban J connectivity index is 1.73. The number of carbonyl (C=O) groups is 1. The number of hydrogen-bond acceptors (Lipinski definition) is 3. The number of rotatable bonds is 2. The van der Waals surface area contributed by atoms with Gasteiger partial charge in [-0.05, 0) is 76.0 Å². The highest BCUT2D eigenvalue weighted by Crippen LogP contribution is 2.48. The zero-order chi connectivity index (χ0) is 19.4. The van der Waals surface area contributed by atoms with Crippen molar-refractivity contribution < 1.29 is 14.5 Å². The Kier molecular flexibility index (Phi) is 4.54. The van der Waals surface area contributed by atoms with E-state index in [0.29, 0.717) is 19.0 Å². The maximum atomic E-state index is 12.9. The lowest BCUT2D eigenvalue weighted by Gasteiger charge is -2.38. The van der Waals surface area contributed by atoms with E-state index in [-0.39, 0.29) is 5.41 Å². The molecule has 0 unspecified atom stereocenters. The molecule has 5 nitrogen and oxygen atoms in total. The van der Waals surface area contributed by atoms with Crippen molar-refractivity contribution in [3.05, 3.63) is 34.9 Å². The summed E-state index contributed by atoms with van der Waals surface area (Å²) in [7, 11) is 0. The van der Waals surface area contributed by atoms with Gasteiger partial charge in [-0.1, -0.05) is 16.5 Å². The molecule has 3 aliphatic rings. The molecule has 1 atom stereocenters. The molecule has 4 rings (SSSR count). The van der Waals surface area contributed by atoms with E-state index < -0.39 is 22.2 Å². The van der Waals surface area contributed by atoms with E-state index in [1.165, 1.54) is 28.9 Å². The highest BCUT2D eigenvalue weighted by Gasteiger charge is 2.48. The van der Waals surface area contributed by atoms with Crippen molar-refractivity contribution >= 4 is 23.2 Å². The first-order valence-electron chi connectivity index (χ1n) is 9.82. The Bertz CT molecular complexity index is 787. The first kappa shape index (κ1) is 18.8. The van der Waals surface area contributed by atoms with Gasteiger partial charge in [-0.3, -0.25) is 0 Å². The quantitative estimate of drug-likeness (QED) is 0.774. The first-order chi connectivity index (χ1) is 12.7. The maximum absolute atomic E-state index is 12.9. The van der Waals surface area contributed by atoms with Crippen LogP contribution in [0.1, 0.15) is 69.1 Å². The largest absolute Gasteiger partial charge is 0.591 e. The van der Waals surface area contributed by atoms with Crippen molar-refractivity contribution in [2.45, 2.75) is 63.5 Å². The lowest BCUT2D eigenvalue weighted by Crippen LogP contribution is -2.45. The third-order valence-electron chi connectivity index (χ3n) is 6.16. The third-order valence-corrected chi connectivity index (χ3v) is 7.55. The number of amides is 1. The van der Waals surface area contributed by atoms with E-state index >= 15 is 0 Å². The molecule has 1 aromatic rings. The van der Waals surface area contributed by atoms with Crippen LogP contribution in [0.3, 0.4) is 0 Å². The molecule has 0 aromatic heterocycles. The minimum atomic E-state index is -1.32. The van der Waals surface area contributed by atoms with Crippen LogP contribution < -0.4 is 0 Å². The number of hydrogen-bond donors (Lipinski definition) is 1. The molecule has 1 aliphatic heterocycles. The Morgan fingerprint density at radius 1 is 1.30 bits per heavy atom. The summed E-state index contributed by atoms with van der Waals surface area (Å²) < 4.78 is 17.2. The van der Waals surface area contributed by atoms with Crippen molar-refractivity contribution in [3.8, 4) is 0 Å². The normalized spacial score (nSPS) is 24.3. The van der Waals surface area contributed by atoms with Crippen LogP contribution in [0.15, 0.2) is 22.6 Å². The number of piperidine rings is 1. The Labute approximate surface area is 164 Å². The topological polar surface area (TPSA) is 76.0 Å². The molecule has 0 radical (unpaired) electrons. The molecule has 1 saturated heterocycles. The predicted molar refractivity (Wildman–Crippen MR) is 108 cm³/mol. The zero-order valence-corrected chi connectivity index (χ0v) is 17.1. The SMILES string of the molecule is CC(C)(C)[S@@+]([O-])N=C1c2cc(C3CC3)ccc2CC12CCN(C(=O)O)CC2. The van der Waals surface area contributed by atoms with Crippen LogP contribution in [-0.2, 0) is 17.8 Å². The zero-order valence-electron chi connectivity index (χ0n) is 16.3. The van der Waals surface area contributed by atoms with Gasteiger partial charge in [-0.2, -0.15) is 0 Å². The van der Waals surface area contributed by atoms with Crippen LogP contribution in [0.4, 0.5) is 4.79 Å². The second-order valence-electron chi connectivity index (χ2n) is 9.22. The Morgan fingerprint density at radius 3 is 2.52 bits per heavy atom. The van der Waals surface area contributed by atoms with E-state index in [4.69, 9.17) is 4.40 Å². The summed E-state index contributed by atoms with van der Waals surface area (Å²) in [5.74, 6) is 0.662. The highest BCUT2D eigenvalue weighted by molar-refractivity contribution is 7.91. The summed E-state index contributed by atoms with van der Waals surface area (Å²) in [4.78, 5) is 12.8. The number of nitrogens with zero attached hydrogens (tertiary/aromatic N) is 2. The van der Waals surface area contributed by atoms with Crippen LogP contribution in [-0.4, -0.2) is 44.2 Å². The first-order valence-corrected chi connectivity index (χ1v) is 10.9. The van der Waals surface area contributed by atoms with E-state index in [1.54, 1.807) is 0 Å². The molecule has 0 bridgehead atoms. The van der Waals surface area contributed by atoms with Gasteiger partial charge in [0.2, 0.25) is 0 Å². The fourth-order valence-corrected chi connectivity index (χ4v) is 5.01. The average molecular weight is 389 g/mol. The lowest BCUT2D eigenvalue weighted by molar-refractivity contribution is 0.115. The van der Waals surface area contributed by atoms with Gasteiger partial charge in [0.15, 0.2) is 0 Å². The number of benzene rings is 1. The molecule has 1 saturated carbocycles. The van der Waals surface area contributed by atoms with Crippen molar-refractivity contribution in [1.29, 1.82) is 0 Å². The molecule has 1 spiro atoms. The van der Waals surface area contributed by atoms with E-state index in [9.17, 15) is 14.5 Å². The average Bonchev–Trinajstić information content (AvgIpc) is 3.41. The summed E-state index contributed by atoms with van der Waals surface area (Å²) >= 11 is -1.32. The van der Waals surface area contributed by atoms with Crippen LogP contribution in [0, 0.1) is 5.41 Å². The van der Waals surface area contributed by atoms with Crippen molar-refractivity contribution in [2.75, 3.05) is 13.1 Å². The van der Waals surface area contributed by atoms with Gasteiger partial charge in [-0.25, -0.2) is 4.79 Å². The standard InChI is InChI=1S/C21H28N2O3S/c1-20(2,3)27(26)22-18-17-12-15(14-4-5-14)6-7-16(17)13-21(18)8-10-23(11-9-21)19(24)25/h6-7,12,14H,4-5,8-11,13H2,1-3H3,(H,24,25)/t27-/m1/s1. The fourth-order valence-electron chi connectivity index (χ4n) is 4.28. The summed E-state index contributed by atoms with van der Waals surface area (Å²) in [5, 5.41) is 9.31. The van der Waals surface area contributed by atoms with Gasteiger partial charge in [0.25, 0.3) is 0 Å². The molecule has 146 valence electrons. The smallest absolute Gasteiger partial charge is 0.407 e. The van der Waals surface area contributed by atoms with Gasteiger partial charge >= 0.3 is 6.09 Å². The van der Waals surface area contributed by atoms with Gasteiger partial charge in [-0.15, -0.1) is 0 Å². The molecule has 1 amide bonds. The third kappa shape index (κ3) is 3.49. The summed E-state index contributed by atoms with van der Waals surface area (Å²) in [6, 6.07) is 6.72. The number of carboxylic acid groups (broad SMARTS) is 1. The summed E-state index contributed by atoms with van der Waals surface area (Å²) in [6.45, 7) is 6.87. The number of fused-ring (bicyclic) bond motifs is 1. The van der Waals surface area contributed by atoms with Gasteiger partial charge in [0.05, 0.1) is 0 Å². The van der Waals surface area contributed by atoms with Crippen molar-refractivity contribution in [3.63, 3.8) is 0 Å². The molecule has 27 heavy (non-hydrogen) atoms. The van der Waals surface area contributed by atoms with Crippen LogP contribution in [0.2, 0.25) is 0 Å². The molecule has 1 aromatic carbocycles. The molecule has 1 N–H and O–H groups in total. The molecular formula is C21H28N2O3S. The van der Waals surface area contributed by atoms with E-state index in [1.807, 2.05) is 20.8 Å². The second kappa shape index (κ2) is 6.52. The lowest BCUT2D eigenvalue weighted by atomic mass is 9.74. The molecule has 2 fully saturated rings. The fraction of sp³-hybridized carbons (Fsp3) is 0.619. The summed E-state index contributed by atoms with van der Waals surface area (Å²) in [5.41, 5.74) is 4.56. The van der Waals surface area contributed by atoms with Crippen molar-refractivity contribution in [1.82, 2.24) is 4.90 Å². The minimum Gasteiger partial charge on any atom is -0.591 e. The van der Waals surface area contributed by atoms with Gasteiger partial charge in [0, 0.05) is 24.1 Å². The molecule has 2 aliphatic carbocycles. The van der Waals surface area contributed by atoms with Crippen LogP contribution >= 0.6 is 0 Å². The van der Waals surface area contributed by atoms with E-state index in [0.717, 1.165) is 30.5 Å². The second-order valence-corrected chi connectivity index (χ2v) is 11.1. The van der Waals surface area contributed by atoms with Crippen LogP contribution in [0.5, 0.6) is 0 Å². The van der Waals surface area contributed by atoms with Crippen LogP contribution in [0.25, 0.3) is 0 Å². The van der Waals surface area contributed by atoms with Gasteiger partial charge < -0.3 is 14.6 Å². The Hall–Kier alpha value is -1.53. The number of likely N-dealkylation sites (tertiary alicyclic amines) is 1. The molecular weight excluding hydrogens is 360 g/mol. The van der Waals surface area contributed by atoms with Crippen molar-refractivity contribution in [2.24, 2.45) is 9.81 Å². The highest BCUT2D eigenvalue weighted by atomic mass is 32.2. The Morgan fingerprint density at radius 2 is 1.96 bits per heavy atom. The van der Waals surface area contributed by atoms with Gasteiger partial charge in [0.1, 0.15) is 21.8 Å². The minimum absolute atomic E-state index is 0.183. The maximum Gasteiger partial charge on any atom is 0.407 e. The van der Waals surface area contributed by atoms with E-state index in [2.05, 4.69) is 18.2 Å². The molecule has 6 heteroatoms. The monoisotopic (exact) mass is 388 g/mol. The summed E-state index contributed by atoms with van der Waals surface area (Å²) in [6.07, 6.45) is 4.00. The molecule has 1 heterocycles. The predicted octanol–water partition coefficient (Wildman–Crippen LogP) is 4.13.